The van der Waals surface area contributed by atoms with Crippen LogP contribution in [-0.4, -0.2) is 19.3 Å². The van der Waals surface area contributed by atoms with Gasteiger partial charge >= 0.3 is 0 Å². The van der Waals surface area contributed by atoms with E-state index in [9.17, 15) is 0 Å². The molecule has 0 saturated heterocycles. The predicted octanol–water partition coefficient (Wildman–Crippen LogP) is 4.16. The van der Waals surface area contributed by atoms with Crippen LogP contribution < -0.4 is 5.32 Å². The molecule has 1 aromatic carbocycles. The Kier molecular flexibility index (Phi) is 6.02. The molecule has 0 aliphatic heterocycles. The van der Waals surface area contributed by atoms with Crippen LogP contribution in [0.3, 0.4) is 0 Å². The first-order valence-electron chi connectivity index (χ1n) is 7.43. The summed E-state index contributed by atoms with van der Waals surface area (Å²) in [5.74, 6) is 0. The van der Waals surface area contributed by atoms with E-state index in [1.807, 2.05) is 7.05 Å². The molecule has 19 heavy (non-hydrogen) atoms. The largest absolute Gasteiger partial charge is 0.373 e. The molecule has 0 amide bonds. The fourth-order valence-corrected chi connectivity index (χ4v) is 3.01. The molecule has 1 aromatic rings. The van der Waals surface area contributed by atoms with Crippen LogP contribution in [0.25, 0.3) is 0 Å². The number of hydrogen-bond acceptors (Lipinski definition) is 2. The van der Waals surface area contributed by atoms with E-state index >= 15 is 0 Å². The molecular weight excluding hydrogens is 234 g/mol. The van der Waals surface area contributed by atoms with Crippen molar-refractivity contribution in [3.8, 4) is 0 Å². The van der Waals surface area contributed by atoms with Gasteiger partial charge in [-0.1, -0.05) is 37.6 Å². The Morgan fingerprint density at radius 2 is 1.79 bits per heavy atom. The zero-order valence-corrected chi connectivity index (χ0v) is 13.3. The number of nitrogens with one attached hydrogen (secondary N) is 1. The highest BCUT2D eigenvalue weighted by Gasteiger charge is 2.37. The number of hydrogen-bond donors (Lipinski definition) is 1. The number of ether oxygens (including phenoxy) is 1. The molecule has 0 heterocycles. The third-order valence-corrected chi connectivity index (χ3v) is 4.19. The summed E-state index contributed by atoms with van der Waals surface area (Å²) in [4.78, 5) is 0. The zero-order valence-electron chi connectivity index (χ0n) is 13.3. The normalized spacial score (nSPS) is 13.6. The van der Waals surface area contributed by atoms with Crippen LogP contribution in [0.15, 0.2) is 18.2 Å². The lowest BCUT2D eigenvalue weighted by atomic mass is 9.82. The van der Waals surface area contributed by atoms with Crippen LogP contribution in [0.4, 0.5) is 0 Å². The van der Waals surface area contributed by atoms with Gasteiger partial charge in [-0.25, -0.2) is 0 Å². The lowest BCUT2D eigenvalue weighted by molar-refractivity contribution is -0.0719. The Morgan fingerprint density at radius 1 is 1.16 bits per heavy atom. The highest BCUT2D eigenvalue weighted by atomic mass is 16.5. The van der Waals surface area contributed by atoms with E-state index in [2.05, 4.69) is 58.1 Å². The fraction of sp³-hybridized carbons (Fsp3) is 0.647. The van der Waals surface area contributed by atoms with Crippen molar-refractivity contribution in [3.05, 3.63) is 34.9 Å². The average molecular weight is 263 g/mol. The van der Waals surface area contributed by atoms with Gasteiger partial charge in [0.15, 0.2) is 0 Å². The molecule has 0 spiro atoms. The molecule has 0 aliphatic carbocycles. The first-order valence-corrected chi connectivity index (χ1v) is 7.43. The van der Waals surface area contributed by atoms with Gasteiger partial charge in [-0.15, -0.1) is 0 Å². The third kappa shape index (κ3) is 3.37. The van der Waals surface area contributed by atoms with Crippen molar-refractivity contribution in [1.29, 1.82) is 0 Å². The van der Waals surface area contributed by atoms with Crippen LogP contribution in [0.1, 0.15) is 56.3 Å². The lowest BCUT2D eigenvalue weighted by Gasteiger charge is -2.40. The second-order valence-corrected chi connectivity index (χ2v) is 5.29. The quantitative estimate of drug-likeness (QED) is 0.797. The van der Waals surface area contributed by atoms with Crippen LogP contribution in [0.5, 0.6) is 0 Å². The van der Waals surface area contributed by atoms with Crippen molar-refractivity contribution < 1.29 is 4.74 Å². The molecule has 0 saturated carbocycles. The highest BCUT2D eigenvalue weighted by molar-refractivity contribution is 5.34. The van der Waals surface area contributed by atoms with Crippen LogP contribution in [0.2, 0.25) is 0 Å². The molecule has 0 bridgehead atoms. The molecule has 0 radical (unpaired) electrons. The van der Waals surface area contributed by atoms with Crippen molar-refractivity contribution in [2.45, 2.75) is 59.1 Å². The van der Waals surface area contributed by atoms with Gasteiger partial charge in [0.25, 0.3) is 0 Å². The SMILES string of the molecule is CCOC(CC)(CC)C(NC)c1cc(C)ccc1C. The molecule has 1 atom stereocenters. The van der Waals surface area contributed by atoms with E-state index in [0.29, 0.717) is 0 Å². The molecule has 1 unspecified atom stereocenters. The van der Waals surface area contributed by atoms with E-state index in [-0.39, 0.29) is 11.6 Å². The molecule has 108 valence electrons. The molecule has 0 fully saturated rings. The Morgan fingerprint density at radius 3 is 2.26 bits per heavy atom. The minimum absolute atomic E-state index is 0.123. The van der Waals surface area contributed by atoms with Crippen molar-refractivity contribution in [2.75, 3.05) is 13.7 Å². The van der Waals surface area contributed by atoms with E-state index < -0.39 is 0 Å². The molecule has 0 aromatic heterocycles. The number of likely N-dealkylation sites (N-methyl/N-ethyl adjacent to an activating group) is 1. The minimum Gasteiger partial charge on any atom is -0.373 e. The van der Waals surface area contributed by atoms with Gasteiger partial charge in [0, 0.05) is 6.61 Å². The lowest BCUT2D eigenvalue weighted by Crippen LogP contribution is -2.44. The Labute approximate surface area is 118 Å². The number of rotatable bonds is 7. The second kappa shape index (κ2) is 7.06. The average Bonchev–Trinajstić information content (AvgIpc) is 2.42. The predicted molar refractivity (Wildman–Crippen MR) is 82.7 cm³/mol. The van der Waals surface area contributed by atoms with E-state index in [4.69, 9.17) is 4.74 Å². The maximum Gasteiger partial charge on any atom is 0.0870 e. The maximum atomic E-state index is 6.17. The van der Waals surface area contributed by atoms with Crippen molar-refractivity contribution in [3.63, 3.8) is 0 Å². The van der Waals surface area contributed by atoms with Gasteiger partial charge in [0.1, 0.15) is 0 Å². The monoisotopic (exact) mass is 263 g/mol. The third-order valence-electron chi connectivity index (χ3n) is 4.19. The molecular formula is C17H29NO. The Balaban J connectivity index is 3.26. The Bertz CT molecular complexity index is 396. The molecule has 1 rings (SSSR count). The van der Waals surface area contributed by atoms with Crippen molar-refractivity contribution in [1.82, 2.24) is 5.32 Å². The summed E-state index contributed by atoms with van der Waals surface area (Å²) in [7, 11) is 2.03. The van der Waals surface area contributed by atoms with Gasteiger partial charge in [-0.3, -0.25) is 0 Å². The summed E-state index contributed by atoms with van der Waals surface area (Å²) in [5, 5.41) is 3.49. The van der Waals surface area contributed by atoms with Crippen LogP contribution in [-0.2, 0) is 4.74 Å². The molecule has 0 aliphatic rings. The van der Waals surface area contributed by atoms with E-state index in [0.717, 1.165) is 19.4 Å². The first kappa shape index (κ1) is 16.2. The smallest absolute Gasteiger partial charge is 0.0870 e. The summed E-state index contributed by atoms with van der Waals surface area (Å²) in [6.07, 6.45) is 2.02. The summed E-state index contributed by atoms with van der Waals surface area (Å²) in [5.41, 5.74) is 3.87. The van der Waals surface area contributed by atoms with E-state index in [1.54, 1.807) is 0 Å². The topological polar surface area (TPSA) is 21.3 Å². The minimum atomic E-state index is -0.123. The summed E-state index contributed by atoms with van der Waals surface area (Å²) < 4.78 is 6.17. The first-order chi connectivity index (χ1) is 9.04. The maximum absolute atomic E-state index is 6.17. The molecule has 1 N–H and O–H groups in total. The molecule has 2 heteroatoms. The van der Waals surface area contributed by atoms with Gasteiger partial charge in [0.05, 0.1) is 11.6 Å². The number of aryl methyl sites for hydroxylation is 2. The Hall–Kier alpha value is -0.860. The number of benzene rings is 1. The highest BCUT2D eigenvalue weighted by Crippen LogP contribution is 2.36. The summed E-state index contributed by atoms with van der Waals surface area (Å²) in [6.45, 7) is 11.6. The zero-order chi connectivity index (χ0) is 14.5. The van der Waals surface area contributed by atoms with Gasteiger partial charge in [0.2, 0.25) is 0 Å². The summed E-state index contributed by atoms with van der Waals surface area (Å²) in [6, 6.07) is 6.90. The standard InChI is InChI=1S/C17H29NO/c1-7-17(8-2,19-9-3)16(18-6)15-12-13(4)10-11-14(15)5/h10-12,16,18H,7-9H2,1-6H3. The van der Waals surface area contributed by atoms with Gasteiger partial charge in [-0.05, 0) is 51.8 Å². The van der Waals surface area contributed by atoms with Crippen LogP contribution >= 0.6 is 0 Å². The van der Waals surface area contributed by atoms with Crippen molar-refractivity contribution >= 4 is 0 Å². The van der Waals surface area contributed by atoms with Gasteiger partial charge < -0.3 is 10.1 Å². The van der Waals surface area contributed by atoms with E-state index in [1.165, 1.54) is 16.7 Å². The van der Waals surface area contributed by atoms with Gasteiger partial charge in [-0.2, -0.15) is 0 Å². The summed E-state index contributed by atoms with van der Waals surface area (Å²) >= 11 is 0. The molecule has 2 nitrogen and oxygen atoms in total. The second-order valence-electron chi connectivity index (χ2n) is 5.29. The fourth-order valence-electron chi connectivity index (χ4n) is 3.01. The van der Waals surface area contributed by atoms with Crippen LogP contribution in [0, 0.1) is 13.8 Å². The van der Waals surface area contributed by atoms with Crippen molar-refractivity contribution in [2.24, 2.45) is 0 Å².